The molecule has 2 rings (SSSR count). The molecule has 0 aliphatic heterocycles. The highest BCUT2D eigenvalue weighted by Crippen LogP contribution is 2.25. The Balaban J connectivity index is 1.85. The lowest BCUT2D eigenvalue weighted by Gasteiger charge is -2.17. The summed E-state index contributed by atoms with van der Waals surface area (Å²) in [5.41, 5.74) is 1.28. The molecular weight excluding hydrogens is 218 g/mol. The molecule has 1 saturated carbocycles. The van der Waals surface area contributed by atoms with Crippen molar-refractivity contribution in [3.05, 3.63) is 34.9 Å². The van der Waals surface area contributed by atoms with E-state index in [0.29, 0.717) is 6.04 Å². The summed E-state index contributed by atoms with van der Waals surface area (Å²) in [5, 5.41) is 4.44. The van der Waals surface area contributed by atoms with Crippen LogP contribution in [0.3, 0.4) is 0 Å². The van der Waals surface area contributed by atoms with Crippen molar-refractivity contribution in [2.45, 2.75) is 38.6 Å². The molecule has 1 N–H and O–H groups in total. The van der Waals surface area contributed by atoms with Crippen LogP contribution in [-0.2, 0) is 0 Å². The van der Waals surface area contributed by atoms with Crippen LogP contribution >= 0.6 is 11.6 Å². The second kappa shape index (κ2) is 5.70. The second-order valence-corrected chi connectivity index (χ2v) is 5.27. The average molecular weight is 238 g/mol. The highest BCUT2D eigenvalue weighted by Gasteiger charge is 2.15. The third-order valence-electron chi connectivity index (χ3n) is 3.54. The summed E-state index contributed by atoms with van der Waals surface area (Å²) in [6.07, 6.45) is 5.63. The molecule has 1 aromatic rings. The van der Waals surface area contributed by atoms with Crippen molar-refractivity contribution in [2.24, 2.45) is 5.92 Å². The summed E-state index contributed by atoms with van der Waals surface area (Å²) in [6.45, 7) is 3.36. The standard InChI is InChI=1S/C14H20ClN/c1-11(13-7-4-8-14(15)9-13)16-10-12-5-2-3-6-12/h4,7-9,11-12,16H,2-3,5-6,10H2,1H3/t11-/m1/s1. The van der Waals surface area contributed by atoms with Crippen molar-refractivity contribution in [3.8, 4) is 0 Å². The van der Waals surface area contributed by atoms with Crippen molar-refractivity contribution in [3.63, 3.8) is 0 Å². The fourth-order valence-electron chi connectivity index (χ4n) is 2.45. The Morgan fingerprint density at radius 1 is 1.38 bits per heavy atom. The van der Waals surface area contributed by atoms with Crippen molar-refractivity contribution >= 4 is 11.6 Å². The maximum absolute atomic E-state index is 5.99. The SMILES string of the molecule is C[C@@H](NCC1CCCC1)c1cccc(Cl)c1. The zero-order chi connectivity index (χ0) is 11.4. The summed E-state index contributed by atoms with van der Waals surface area (Å²) in [7, 11) is 0. The summed E-state index contributed by atoms with van der Waals surface area (Å²) >= 11 is 5.99. The van der Waals surface area contributed by atoms with Crippen LogP contribution in [0.1, 0.15) is 44.2 Å². The molecule has 0 bridgehead atoms. The van der Waals surface area contributed by atoms with Gasteiger partial charge in [0.15, 0.2) is 0 Å². The van der Waals surface area contributed by atoms with E-state index in [1.165, 1.54) is 31.2 Å². The van der Waals surface area contributed by atoms with Gasteiger partial charge in [0.2, 0.25) is 0 Å². The van der Waals surface area contributed by atoms with Crippen LogP contribution in [0, 0.1) is 5.92 Å². The molecule has 1 aliphatic rings. The number of hydrogen-bond acceptors (Lipinski definition) is 1. The zero-order valence-corrected chi connectivity index (χ0v) is 10.6. The van der Waals surface area contributed by atoms with Gasteiger partial charge in [0.25, 0.3) is 0 Å². The predicted molar refractivity (Wildman–Crippen MR) is 69.8 cm³/mol. The van der Waals surface area contributed by atoms with Crippen molar-refractivity contribution < 1.29 is 0 Å². The average Bonchev–Trinajstić information content (AvgIpc) is 2.78. The lowest BCUT2D eigenvalue weighted by molar-refractivity contribution is 0.452. The Morgan fingerprint density at radius 3 is 2.81 bits per heavy atom. The Hall–Kier alpha value is -0.530. The van der Waals surface area contributed by atoms with Crippen LogP contribution in [0.25, 0.3) is 0 Å². The first-order valence-corrected chi connectivity index (χ1v) is 6.62. The Bertz CT molecular complexity index is 331. The molecule has 1 fully saturated rings. The van der Waals surface area contributed by atoms with E-state index in [1.54, 1.807) is 0 Å². The third-order valence-corrected chi connectivity index (χ3v) is 3.77. The molecule has 1 aromatic carbocycles. The quantitative estimate of drug-likeness (QED) is 0.829. The molecule has 16 heavy (non-hydrogen) atoms. The molecule has 2 heteroatoms. The molecule has 0 aromatic heterocycles. The van der Waals surface area contributed by atoms with Gasteiger partial charge in [-0.3, -0.25) is 0 Å². The largest absolute Gasteiger partial charge is 0.310 e. The minimum absolute atomic E-state index is 0.402. The number of nitrogens with one attached hydrogen (secondary N) is 1. The minimum atomic E-state index is 0.402. The Labute approximate surface area is 103 Å². The van der Waals surface area contributed by atoms with Crippen molar-refractivity contribution in [2.75, 3.05) is 6.54 Å². The summed E-state index contributed by atoms with van der Waals surface area (Å²) in [6, 6.07) is 8.53. The molecular formula is C14H20ClN. The minimum Gasteiger partial charge on any atom is -0.310 e. The number of rotatable bonds is 4. The lowest BCUT2D eigenvalue weighted by atomic mass is 10.1. The predicted octanol–water partition coefficient (Wildman–Crippen LogP) is 4.18. The smallest absolute Gasteiger partial charge is 0.0409 e. The first-order valence-electron chi connectivity index (χ1n) is 6.24. The van der Waals surface area contributed by atoms with E-state index >= 15 is 0 Å². The van der Waals surface area contributed by atoms with Gasteiger partial charge in [-0.1, -0.05) is 36.6 Å². The van der Waals surface area contributed by atoms with E-state index in [9.17, 15) is 0 Å². The molecule has 1 nitrogen and oxygen atoms in total. The molecule has 0 spiro atoms. The number of halogens is 1. The fraction of sp³-hybridized carbons (Fsp3) is 0.571. The van der Waals surface area contributed by atoms with Crippen LogP contribution in [0.15, 0.2) is 24.3 Å². The van der Waals surface area contributed by atoms with Gasteiger partial charge in [-0.2, -0.15) is 0 Å². The van der Waals surface area contributed by atoms with Gasteiger partial charge in [0.1, 0.15) is 0 Å². The summed E-state index contributed by atoms with van der Waals surface area (Å²) in [5.74, 6) is 0.890. The van der Waals surface area contributed by atoms with Gasteiger partial charge in [0, 0.05) is 11.1 Å². The topological polar surface area (TPSA) is 12.0 Å². The molecule has 88 valence electrons. The molecule has 0 saturated heterocycles. The van der Waals surface area contributed by atoms with E-state index in [0.717, 1.165) is 17.5 Å². The fourth-order valence-corrected chi connectivity index (χ4v) is 2.65. The maximum Gasteiger partial charge on any atom is 0.0409 e. The molecule has 0 radical (unpaired) electrons. The Morgan fingerprint density at radius 2 is 2.12 bits per heavy atom. The first-order chi connectivity index (χ1) is 7.75. The maximum atomic E-state index is 5.99. The molecule has 1 aliphatic carbocycles. The van der Waals surface area contributed by atoms with E-state index in [2.05, 4.69) is 18.3 Å². The number of benzene rings is 1. The van der Waals surface area contributed by atoms with Crippen molar-refractivity contribution in [1.82, 2.24) is 5.32 Å². The number of hydrogen-bond donors (Lipinski definition) is 1. The van der Waals surface area contributed by atoms with Gasteiger partial charge in [-0.25, -0.2) is 0 Å². The monoisotopic (exact) mass is 237 g/mol. The highest BCUT2D eigenvalue weighted by molar-refractivity contribution is 6.30. The van der Waals surface area contributed by atoms with E-state index in [1.807, 2.05) is 18.2 Å². The van der Waals surface area contributed by atoms with Crippen LogP contribution < -0.4 is 5.32 Å². The third kappa shape index (κ3) is 3.23. The van der Waals surface area contributed by atoms with Crippen LogP contribution in [0.5, 0.6) is 0 Å². The molecule has 0 amide bonds. The second-order valence-electron chi connectivity index (χ2n) is 4.84. The normalized spacial score (nSPS) is 18.9. The van der Waals surface area contributed by atoms with Gasteiger partial charge in [0.05, 0.1) is 0 Å². The van der Waals surface area contributed by atoms with Gasteiger partial charge in [-0.05, 0) is 49.9 Å². The lowest BCUT2D eigenvalue weighted by Crippen LogP contribution is -2.24. The van der Waals surface area contributed by atoms with Gasteiger partial charge >= 0.3 is 0 Å². The van der Waals surface area contributed by atoms with E-state index in [4.69, 9.17) is 11.6 Å². The Kier molecular flexibility index (Phi) is 4.25. The zero-order valence-electron chi connectivity index (χ0n) is 9.88. The highest BCUT2D eigenvalue weighted by atomic mass is 35.5. The van der Waals surface area contributed by atoms with Gasteiger partial charge < -0.3 is 5.32 Å². The van der Waals surface area contributed by atoms with Crippen LogP contribution in [-0.4, -0.2) is 6.54 Å². The van der Waals surface area contributed by atoms with Gasteiger partial charge in [-0.15, -0.1) is 0 Å². The molecule has 1 atom stereocenters. The summed E-state index contributed by atoms with van der Waals surface area (Å²) < 4.78 is 0. The first kappa shape index (κ1) is 11.9. The molecule has 0 heterocycles. The van der Waals surface area contributed by atoms with E-state index in [-0.39, 0.29) is 0 Å². The molecule has 0 unspecified atom stereocenters. The van der Waals surface area contributed by atoms with Crippen LogP contribution in [0.2, 0.25) is 5.02 Å². The van der Waals surface area contributed by atoms with E-state index < -0.39 is 0 Å². The van der Waals surface area contributed by atoms with Crippen LogP contribution in [0.4, 0.5) is 0 Å². The van der Waals surface area contributed by atoms with Crippen molar-refractivity contribution in [1.29, 1.82) is 0 Å². The summed E-state index contributed by atoms with van der Waals surface area (Å²) in [4.78, 5) is 0.